The van der Waals surface area contributed by atoms with Gasteiger partial charge in [0.2, 0.25) is 0 Å². The fourth-order valence-electron chi connectivity index (χ4n) is 1.67. The summed E-state index contributed by atoms with van der Waals surface area (Å²) in [5, 5.41) is 19.4. The minimum atomic E-state index is -4.03. The van der Waals surface area contributed by atoms with E-state index in [4.69, 9.17) is 16.9 Å². The molecule has 0 aliphatic carbocycles. The molecule has 9 heteroatoms. The average Bonchev–Trinajstić information content (AvgIpc) is 2.46. The molecule has 0 heterocycles. The molecule has 7 nitrogen and oxygen atoms in total. The zero-order valence-corrected chi connectivity index (χ0v) is 12.4. The lowest BCUT2D eigenvalue weighted by Crippen LogP contribution is -2.13. The topological polar surface area (TPSA) is 113 Å². The van der Waals surface area contributed by atoms with Gasteiger partial charge in [-0.25, -0.2) is 8.42 Å². The normalized spacial score (nSPS) is 10.7. The lowest BCUT2D eigenvalue weighted by molar-refractivity contribution is -0.384. The summed E-state index contributed by atoms with van der Waals surface area (Å²) in [6.07, 6.45) is 0. The summed E-state index contributed by atoms with van der Waals surface area (Å²) in [5.74, 6) is 0. The monoisotopic (exact) mass is 337 g/mol. The number of nitrogens with zero attached hydrogens (tertiary/aromatic N) is 2. The fraction of sp³-hybridized carbons (Fsp3) is 0. The Balaban J connectivity index is 2.41. The van der Waals surface area contributed by atoms with Crippen LogP contribution in [0.25, 0.3) is 0 Å². The van der Waals surface area contributed by atoms with Gasteiger partial charge in [0.05, 0.1) is 27.1 Å². The van der Waals surface area contributed by atoms with Gasteiger partial charge in [-0.2, -0.15) is 5.26 Å². The summed E-state index contributed by atoms with van der Waals surface area (Å²) in [7, 11) is -4.03. The van der Waals surface area contributed by atoms with Gasteiger partial charge in [0.1, 0.15) is 5.02 Å². The summed E-state index contributed by atoms with van der Waals surface area (Å²) in [4.78, 5) is 9.75. The van der Waals surface area contributed by atoms with E-state index in [2.05, 4.69) is 4.72 Å². The molecule has 0 saturated heterocycles. The van der Waals surface area contributed by atoms with Crippen LogP contribution in [0.15, 0.2) is 47.4 Å². The predicted octanol–water partition coefficient (Wildman–Crippen LogP) is 2.92. The lowest BCUT2D eigenvalue weighted by atomic mass is 10.2. The first-order chi connectivity index (χ1) is 10.3. The van der Waals surface area contributed by atoms with Crippen molar-refractivity contribution in [3.8, 4) is 6.07 Å². The van der Waals surface area contributed by atoms with E-state index in [0.717, 1.165) is 18.2 Å². The van der Waals surface area contributed by atoms with Gasteiger partial charge in [0.25, 0.3) is 15.7 Å². The Morgan fingerprint density at radius 1 is 1.23 bits per heavy atom. The van der Waals surface area contributed by atoms with E-state index in [0.29, 0.717) is 0 Å². The summed E-state index contributed by atoms with van der Waals surface area (Å²) in [5.41, 5.74) is -0.0470. The van der Waals surface area contributed by atoms with Crippen LogP contribution < -0.4 is 4.72 Å². The van der Waals surface area contributed by atoms with Crippen LogP contribution in [-0.4, -0.2) is 13.3 Å². The highest BCUT2D eigenvalue weighted by Crippen LogP contribution is 2.28. The van der Waals surface area contributed by atoms with Crippen molar-refractivity contribution in [1.29, 1.82) is 5.26 Å². The molecule has 0 spiro atoms. The van der Waals surface area contributed by atoms with Crippen molar-refractivity contribution in [2.45, 2.75) is 4.90 Å². The van der Waals surface area contributed by atoms with E-state index >= 15 is 0 Å². The zero-order chi connectivity index (χ0) is 16.3. The Morgan fingerprint density at radius 2 is 1.95 bits per heavy atom. The molecule has 0 radical (unpaired) electrons. The third-order valence-corrected chi connectivity index (χ3v) is 4.37. The van der Waals surface area contributed by atoms with E-state index in [9.17, 15) is 18.5 Å². The number of benzene rings is 2. The molecule has 0 aliphatic heterocycles. The van der Waals surface area contributed by atoms with Crippen molar-refractivity contribution >= 4 is 33.0 Å². The number of nitriles is 1. The van der Waals surface area contributed by atoms with Crippen molar-refractivity contribution in [1.82, 2.24) is 0 Å². The smallest absolute Gasteiger partial charge is 0.280 e. The second kappa shape index (κ2) is 6.01. The molecule has 112 valence electrons. The Morgan fingerprint density at radius 3 is 2.59 bits per heavy atom. The summed E-state index contributed by atoms with van der Waals surface area (Å²) >= 11 is 5.65. The average molecular weight is 338 g/mol. The van der Waals surface area contributed by atoms with Gasteiger partial charge in [-0.3, -0.25) is 14.8 Å². The molecule has 0 unspecified atom stereocenters. The van der Waals surface area contributed by atoms with Crippen LogP contribution in [0.4, 0.5) is 11.4 Å². The van der Waals surface area contributed by atoms with Crippen LogP contribution in [0.1, 0.15) is 5.56 Å². The van der Waals surface area contributed by atoms with Gasteiger partial charge < -0.3 is 0 Å². The number of sulfonamides is 1. The highest BCUT2D eigenvalue weighted by Gasteiger charge is 2.20. The molecule has 2 aromatic carbocycles. The fourth-order valence-corrected chi connectivity index (χ4v) is 2.92. The van der Waals surface area contributed by atoms with Crippen LogP contribution in [0.5, 0.6) is 0 Å². The number of hydrogen-bond donors (Lipinski definition) is 1. The van der Waals surface area contributed by atoms with Gasteiger partial charge in [0, 0.05) is 6.07 Å². The molecule has 0 atom stereocenters. The van der Waals surface area contributed by atoms with Gasteiger partial charge in [0.15, 0.2) is 0 Å². The first-order valence-corrected chi connectivity index (χ1v) is 7.66. The van der Waals surface area contributed by atoms with Crippen LogP contribution in [0.2, 0.25) is 5.02 Å². The second-order valence-corrected chi connectivity index (χ2v) is 6.26. The number of anilines is 1. The number of hydrogen-bond acceptors (Lipinski definition) is 5. The zero-order valence-electron chi connectivity index (χ0n) is 10.9. The van der Waals surface area contributed by atoms with Gasteiger partial charge in [-0.15, -0.1) is 0 Å². The summed E-state index contributed by atoms with van der Waals surface area (Å²) in [6.45, 7) is 0. The van der Waals surface area contributed by atoms with Gasteiger partial charge in [-0.05, 0) is 30.3 Å². The number of nitrogens with one attached hydrogen (secondary N) is 1. The molecular formula is C13H8ClN3O4S. The molecule has 22 heavy (non-hydrogen) atoms. The standard InChI is InChI=1S/C13H8ClN3O4S/c14-12-5-4-11(7-13(12)17(18)19)22(20,21)16-10-3-1-2-9(6-10)8-15/h1-7,16H. The molecule has 0 fully saturated rings. The third-order valence-electron chi connectivity index (χ3n) is 2.67. The number of nitro benzene ring substituents is 1. The maximum absolute atomic E-state index is 12.2. The summed E-state index contributed by atoms with van der Waals surface area (Å²) < 4.78 is 26.7. The first kappa shape index (κ1) is 15.8. The predicted molar refractivity (Wildman–Crippen MR) is 80.1 cm³/mol. The maximum atomic E-state index is 12.2. The Hall–Kier alpha value is -2.63. The van der Waals surface area contributed by atoms with Crippen LogP contribution in [-0.2, 0) is 10.0 Å². The number of rotatable bonds is 4. The van der Waals surface area contributed by atoms with Crippen molar-refractivity contribution in [2.75, 3.05) is 4.72 Å². The number of halogens is 1. The van der Waals surface area contributed by atoms with E-state index in [-0.39, 0.29) is 21.2 Å². The molecule has 0 bridgehead atoms. The van der Waals surface area contributed by atoms with Crippen molar-refractivity contribution in [3.63, 3.8) is 0 Å². The van der Waals surface area contributed by atoms with Crippen LogP contribution >= 0.6 is 11.6 Å². The molecule has 0 saturated carbocycles. The van der Waals surface area contributed by atoms with Crippen molar-refractivity contribution in [2.24, 2.45) is 0 Å². The molecule has 2 rings (SSSR count). The third kappa shape index (κ3) is 3.33. The molecule has 0 amide bonds. The van der Waals surface area contributed by atoms with Crippen molar-refractivity contribution < 1.29 is 13.3 Å². The van der Waals surface area contributed by atoms with E-state index in [1.165, 1.54) is 24.3 Å². The van der Waals surface area contributed by atoms with E-state index in [1.54, 1.807) is 0 Å². The maximum Gasteiger partial charge on any atom is 0.289 e. The summed E-state index contributed by atoms with van der Waals surface area (Å²) in [6, 6.07) is 10.9. The van der Waals surface area contributed by atoms with Gasteiger partial charge in [-0.1, -0.05) is 17.7 Å². The van der Waals surface area contributed by atoms with Gasteiger partial charge >= 0.3 is 0 Å². The quantitative estimate of drug-likeness (QED) is 0.680. The first-order valence-electron chi connectivity index (χ1n) is 5.80. The largest absolute Gasteiger partial charge is 0.289 e. The molecule has 0 aromatic heterocycles. The Kier molecular flexibility index (Phi) is 4.30. The lowest BCUT2D eigenvalue weighted by Gasteiger charge is -2.08. The molecule has 0 aliphatic rings. The highest BCUT2D eigenvalue weighted by molar-refractivity contribution is 7.92. The molecule has 1 N–H and O–H groups in total. The Labute approximate surface area is 131 Å². The van der Waals surface area contributed by atoms with E-state index in [1.807, 2.05) is 6.07 Å². The van der Waals surface area contributed by atoms with E-state index < -0.39 is 20.6 Å². The minimum Gasteiger partial charge on any atom is -0.280 e. The van der Waals surface area contributed by atoms with Crippen molar-refractivity contribution in [3.05, 3.63) is 63.2 Å². The number of nitro groups is 1. The molecule has 2 aromatic rings. The Bertz CT molecular complexity index is 890. The minimum absolute atomic E-state index is 0.157. The molecular weight excluding hydrogens is 330 g/mol. The van der Waals surface area contributed by atoms with Crippen LogP contribution in [0, 0.1) is 21.4 Å². The van der Waals surface area contributed by atoms with Crippen LogP contribution in [0.3, 0.4) is 0 Å². The SMILES string of the molecule is N#Cc1cccc(NS(=O)(=O)c2ccc(Cl)c([N+](=O)[O-])c2)c1. The second-order valence-electron chi connectivity index (χ2n) is 4.17. The highest BCUT2D eigenvalue weighted by atomic mass is 35.5.